The number of halogens is 1. The highest BCUT2D eigenvalue weighted by Gasteiger charge is 2.18. The second-order valence-corrected chi connectivity index (χ2v) is 7.06. The van der Waals surface area contributed by atoms with Crippen LogP contribution in [0.15, 0.2) is 59.7 Å². The first kappa shape index (κ1) is 19.8. The van der Waals surface area contributed by atoms with E-state index in [0.29, 0.717) is 33.9 Å². The van der Waals surface area contributed by atoms with Crippen LogP contribution in [0.2, 0.25) is 5.02 Å². The van der Waals surface area contributed by atoms with E-state index in [1.807, 2.05) is 25.1 Å². The van der Waals surface area contributed by atoms with Crippen molar-refractivity contribution < 1.29 is 9.53 Å². The molecule has 1 aromatic carbocycles. The first-order valence-electron chi connectivity index (χ1n) is 8.91. The Morgan fingerprint density at radius 2 is 2.00 bits per heavy atom. The number of carbonyl (C=O) groups is 1. The molecule has 144 valence electrons. The number of benzene rings is 1. The third kappa shape index (κ3) is 4.15. The van der Waals surface area contributed by atoms with Crippen molar-refractivity contribution in [2.75, 3.05) is 7.11 Å². The van der Waals surface area contributed by atoms with E-state index in [9.17, 15) is 9.59 Å². The number of aromatic nitrogens is 2. The fourth-order valence-corrected chi connectivity index (χ4v) is 3.38. The Bertz CT molecular complexity index is 1060. The maximum absolute atomic E-state index is 12.8. The zero-order valence-corrected chi connectivity index (χ0v) is 16.7. The van der Waals surface area contributed by atoms with E-state index < -0.39 is 0 Å². The highest BCUT2D eigenvalue weighted by Crippen LogP contribution is 2.34. The summed E-state index contributed by atoms with van der Waals surface area (Å²) in [4.78, 5) is 29.2. The van der Waals surface area contributed by atoms with Crippen molar-refractivity contribution in [3.05, 3.63) is 81.5 Å². The highest BCUT2D eigenvalue weighted by molar-refractivity contribution is 6.31. The molecule has 6 heteroatoms. The quantitative estimate of drug-likeness (QED) is 0.572. The van der Waals surface area contributed by atoms with Gasteiger partial charge in [0.1, 0.15) is 5.75 Å². The molecule has 0 spiro atoms. The number of hydrogen-bond donors (Lipinski definition) is 0. The van der Waals surface area contributed by atoms with E-state index in [-0.39, 0.29) is 17.4 Å². The largest absolute Gasteiger partial charge is 0.495 e. The van der Waals surface area contributed by atoms with E-state index in [1.165, 1.54) is 20.1 Å². The Morgan fingerprint density at radius 3 is 2.64 bits per heavy atom. The highest BCUT2D eigenvalue weighted by atomic mass is 35.5. The van der Waals surface area contributed by atoms with Gasteiger partial charge >= 0.3 is 0 Å². The lowest BCUT2D eigenvalue weighted by Gasteiger charge is -2.18. The van der Waals surface area contributed by atoms with Crippen LogP contribution in [-0.2, 0) is 6.42 Å². The van der Waals surface area contributed by atoms with Gasteiger partial charge in [-0.3, -0.25) is 14.6 Å². The predicted molar refractivity (Wildman–Crippen MR) is 110 cm³/mol. The Labute approximate surface area is 168 Å². The number of nitrogens with zero attached hydrogens (tertiary/aromatic N) is 2. The molecule has 1 atom stereocenters. The molecule has 3 aromatic rings. The average Bonchev–Trinajstić information content (AvgIpc) is 2.68. The number of methoxy groups -OCH3 is 1. The van der Waals surface area contributed by atoms with E-state index in [4.69, 9.17) is 16.3 Å². The van der Waals surface area contributed by atoms with Crippen LogP contribution in [0.4, 0.5) is 0 Å². The minimum Gasteiger partial charge on any atom is -0.495 e. The third-order valence-corrected chi connectivity index (χ3v) is 4.86. The number of rotatable bonds is 6. The van der Waals surface area contributed by atoms with Gasteiger partial charge in [-0.25, -0.2) is 0 Å². The van der Waals surface area contributed by atoms with Gasteiger partial charge in [-0.1, -0.05) is 17.7 Å². The van der Waals surface area contributed by atoms with Crippen LogP contribution in [0.1, 0.15) is 35.9 Å². The van der Waals surface area contributed by atoms with E-state index in [2.05, 4.69) is 4.98 Å². The van der Waals surface area contributed by atoms with E-state index >= 15 is 0 Å². The van der Waals surface area contributed by atoms with Gasteiger partial charge in [0, 0.05) is 46.6 Å². The smallest absolute Gasteiger partial charge is 0.251 e. The number of Topliss-reactive ketones (excluding diaryl/α,β-unsaturated/α-hetero) is 1. The molecule has 0 amide bonds. The minimum atomic E-state index is -0.186. The Morgan fingerprint density at radius 1 is 1.21 bits per heavy atom. The monoisotopic (exact) mass is 396 g/mol. The summed E-state index contributed by atoms with van der Waals surface area (Å²) in [6.45, 7) is 3.44. The van der Waals surface area contributed by atoms with Crippen LogP contribution in [-0.4, -0.2) is 22.4 Å². The molecule has 0 fully saturated rings. The van der Waals surface area contributed by atoms with Crippen molar-refractivity contribution in [3.63, 3.8) is 0 Å². The molecule has 0 radical (unpaired) electrons. The van der Waals surface area contributed by atoms with Crippen molar-refractivity contribution in [1.29, 1.82) is 0 Å². The Kier molecular flexibility index (Phi) is 5.95. The van der Waals surface area contributed by atoms with Gasteiger partial charge in [-0.2, -0.15) is 0 Å². The number of ether oxygens (including phenoxy) is 1. The van der Waals surface area contributed by atoms with Crippen LogP contribution in [0.3, 0.4) is 0 Å². The van der Waals surface area contributed by atoms with Crippen molar-refractivity contribution in [2.45, 2.75) is 26.3 Å². The molecule has 1 unspecified atom stereocenters. The SMILES string of the molecule is COc1cn(C(C)Cc2ccccn2)c(=O)cc1-c1cc(Cl)ccc1C(C)=O. The molecule has 2 aromatic heterocycles. The van der Waals surface area contributed by atoms with E-state index in [0.717, 1.165) is 5.69 Å². The van der Waals surface area contributed by atoms with Gasteiger partial charge in [0.15, 0.2) is 5.78 Å². The minimum absolute atomic E-state index is 0.110. The van der Waals surface area contributed by atoms with Gasteiger partial charge in [0.25, 0.3) is 5.56 Å². The predicted octanol–water partition coefficient (Wildman–Crippen LogP) is 4.58. The molecule has 0 N–H and O–H groups in total. The molecule has 0 aliphatic rings. The van der Waals surface area contributed by atoms with Crippen molar-refractivity contribution in [2.24, 2.45) is 0 Å². The zero-order valence-electron chi connectivity index (χ0n) is 16.0. The molecule has 3 rings (SSSR count). The van der Waals surface area contributed by atoms with Gasteiger partial charge < -0.3 is 9.30 Å². The maximum atomic E-state index is 12.8. The van der Waals surface area contributed by atoms with Crippen LogP contribution in [0.25, 0.3) is 11.1 Å². The number of hydrogen-bond acceptors (Lipinski definition) is 4. The first-order chi connectivity index (χ1) is 13.4. The number of pyridine rings is 2. The topological polar surface area (TPSA) is 61.2 Å². The molecule has 0 aliphatic carbocycles. The summed E-state index contributed by atoms with van der Waals surface area (Å²) < 4.78 is 7.16. The van der Waals surface area contributed by atoms with Gasteiger partial charge in [-0.15, -0.1) is 0 Å². The van der Waals surface area contributed by atoms with Crippen molar-refractivity contribution in [3.8, 4) is 16.9 Å². The third-order valence-electron chi connectivity index (χ3n) is 4.62. The van der Waals surface area contributed by atoms with Gasteiger partial charge in [0.05, 0.1) is 13.3 Å². The number of carbonyl (C=O) groups excluding carboxylic acids is 1. The first-order valence-corrected chi connectivity index (χ1v) is 9.29. The summed E-state index contributed by atoms with van der Waals surface area (Å²) in [5, 5.41) is 0.481. The molecule has 2 heterocycles. The normalized spacial score (nSPS) is 11.9. The van der Waals surface area contributed by atoms with E-state index in [1.54, 1.807) is 35.2 Å². The average molecular weight is 397 g/mol. The lowest BCUT2D eigenvalue weighted by atomic mass is 9.97. The van der Waals surface area contributed by atoms with Crippen LogP contribution in [0, 0.1) is 0 Å². The molecule has 28 heavy (non-hydrogen) atoms. The maximum Gasteiger partial charge on any atom is 0.251 e. The van der Waals surface area contributed by atoms with Crippen LogP contribution >= 0.6 is 11.6 Å². The summed E-state index contributed by atoms with van der Waals surface area (Å²) in [5.74, 6) is 0.388. The Hall–Kier alpha value is -2.92. The molecule has 0 saturated heterocycles. The van der Waals surface area contributed by atoms with Crippen LogP contribution in [0.5, 0.6) is 5.75 Å². The number of ketones is 1. The summed E-state index contributed by atoms with van der Waals surface area (Å²) in [6, 6.07) is 12.1. The summed E-state index contributed by atoms with van der Waals surface area (Å²) in [5.41, 5.74) is 2.33. The molecular weight excluding hydrogens is 376 g/mol. The molecule has 0 aliphatic heterocycles. The molecule has 0 bridgehead atoms. The summed E-state index contributed by atoms with van der Waals surface area (Å²) in [7, 11) is 1.54. The zero-order chi connectivity index (χ0) is 20.3. The lowest BCUT2D eigenvalue weighted by molar-refractivity contribution is 0.101. The standard InChI is InChI=1S/C22H21ClN2O3/c1-14(10-17-6-4-5-9-24-17)25-13-21(28-3)20(12-22(25)27)19-11-16(23)7-8-18(19)15(2)26/h4-9,11-14H,10H2,1-3H3. The summed E-state index contributed by atoms with van der Waals surface area (Å²) >= 11 is 6.14. The van der Waals surface area contributed by atoms with Crippen molar-refractivity contribution in [1.82, 2.24) is 9.55 Å². The lowest BCUT2D eigenvalue weighted by Crippen LogP contribution is -2.24. The second-order valence-electron chi connectivity index (χ2n) is 6.62. The fraction of sp³-hybridized carbons (Fsp3) is 0.227. The van der Waals surface area contributed by atoms with Crippen molar-refractivity contribution >= 4 is 17.4 Å². The molecular formula is C22H21ClN2O3. The summed E-state index contributed by atoms with van der Waals surface area (Å²) in [6.07, 6.45) is 4.02. The van der Waals surface area contributed by atoms with Gasteiger partial charge in [-0.05, 0) is 49.7 Å². The fourth-order valence-electron chi connectivity index (χ4n) is 3.21. The van der Waals surface area contributed by atoms with Gasteiger partial charge in [0.2, 0.25) is 0 Å². The molecule has 5 nitrogen and oxygen atoms in total. The van der Waals surface area contributed by atoms with Crippen LogP contribution < -0.4 is 10.3 Å². The second kappa shape index (κ2) is 8.40. The Balaban J connectivity index is 2.07. The molecule has 0 saturated carbocycles.